The maximum atomic E-state index is 12.5. The minimum atomic E-state index is -0.214. The Morgan fingerprint density at radius 2 is 1.90 bits per heavy atom. The molecule has 0 fully saturated rings. The lowest BCUT2D eigenvalue weighted by atomic mass is 10.1. The summed E-state index contributed by atoms with van der Waals surface area (Å²) in [5.74, 6) is 0.871. The molecule has 3 aromatic rings. The zero-order chi connectivity index (χ0) is 20.5. The van der Waals surface area contributed by atoms with E-state index in [4.69, 9.17) is 14.7 Å². The second kappa shape index (κ2) is 9.90. The molecule has 0 saturated heterocycles. The van der Waals surface area contributed by atoms with Crippen LogP contribution in [0.5, 0.6) is 11.5 Å². The fraction of sp³-hybridized carbons (Fsp3) is 0.174. The molecular formula is C23H21N3O3. The van der Waals surface area contributed by atoms with Gasteiger partial charge in [0.05, 0.1) is 18.2 Å². The zero-order valence-electron chi connectivity index (χ0n) is 16.1. The molecule has 1 N–H and O–H groups in total. The van der Waals surface area contributed by atoms with Crippen LogP contribution in [0, 0.1) is 11.3 Å². The quantitative estimate of drug-likeness (QED) is 0.634. The number of carbonyl (C=O) groups excluding carboxylic acids is 1. The van der Waals surface area contributed by atoms with E-state index in [1.54, 1.807) is 42.7 Å². The number of rotatable bonds is 8. The van der Waals surface area contributed by atoms with Crippen LogP contribution in [0.25, 0.3) is 0 Å². The minimum absolute atomic E-state index is 0.214. The molecule has 0 aliphatic carbocycles. The summed E-state index contributed by atoms with van der Waals surface area (Å²) in [5.41, 5.74) is 2.93. The first-order valence-electron chi connectivity index (χ1n) is 9.25. The van der Waals surface area contributed by atoms with Crippen molar-refractivity contribution in [2.45, 2.75) is 20.1 Å². The van der Waals surface area contributed by atoms with Gasteiger partial charge in [-0.15, -0.1) is 0 Å². The predicted molar refractivity (Wildman–Crippen MR) is 109 cm³/mol. The number of nitrogens with one attached hydrogen (secondary N) is 1. The first-order valence-corrected chi connectivity index (χ1v) is 9.25. The number of nitriles is 1. The van der Waals surface area contributed by atoms with Crippen molar-refractivity contribution in [3.8, 4) is 17.6 Å². The van der Waals surface area contributed by atoms with E-state index in [-0.39, 0.29) is 5.91 Å². The fourth-order valence-electron chi connectivity index (χ4n) is 2.66. The van der Waals surface area contributed by atoms with Crippen molar-refractivity contribution >= 4 is 5.91 Å². The lowest BCUT2D eigenvalue weighted by Crippen LogP contribution is -2.22. The third-order valence-corrected chi connectivity index (χ3v) is 4.16. The first-order chi connectivity index (χ1) is 14.2. The minimum Gasteiger partial charge on any atom is -0.490 e. The third kappa shape index (κ3) is 5.56. The van der Waals surface area contributed by atoms with Crippen molar-refractivity contribution in [1.82, 2.24) is 10.3 Å². The number of hydrogen-bond acceptors (Lipinski definition) is 5. The molecule has 2 aromatic carbocycles. The van der Waals surface area contributed by atoms with E-state index < -0.39 is 0 Å². The maximum Gasteiger partial charge on any atom is 0.251 e. The fourth-order valence-corrected chi connectivity index (χ4v) is 2.66. The van der Waals surface area contributed by atoms with Gasteiger partial charge in [-0.1, -0.05) is 18.2 Å². The van der Waals surface area contributed by atoms with Gasteiger partial charge in [-0.3, -0.25) is 9.78 Å². The van der Waals surface area contributed by atoms with Gasteiger partial charge in [0, 0.05) is 30.1 Å². The van der Waals surface area contributed by atoms with Crippen molar-refractivity contribution in [1.29, 1.82) is 5.26 Å². The van der Waals surface area contributed by atoms with Gasteiger partial charge in [0.1, 0.15) is 6.61 Å². The molecule has 0 aliphatic rings. The van der Waals surface area contributed by atoms with Gasteiger partial charge in [-0.25, -0.2) is 0 Å². The Kier molecular flexibility index (Phi) is 6.80. The molecule has 0 aliphatic heterocycles. The highest BCUT2D eigenvalue weighted by atomic mass is 16.5. The Labute approximate surface area is 169 Å². The average Bonchev–Trinajstić information content (AvgIpc) is 2.78. The Morgan fingerprint density at radius 1 is 1.07 bits per heavy atom. The summed E-state index contributed by atoms with van der Waals surface area (Å²) in [6.45, 7) is 3.06. The maximum absolute atomic E-state index is 12.5. The molecule has 0 atom stereocenters. The molecule has 0 unspecified atom stereocenters. The molecule has 1 amide bonds. The summed E-state index contributed by atoms with van der Waals surface area (Å²) in [7, 11) is 0. The molecule has 0 radical (unpaired) electrons. The lowest BCUT2D eigenvalue weighted by molar-refractivity contribution is 0.0950. The molecule has 29 heavy (non-hydrogen) atoms. The van der Waals surface area contributed by atoms with Gasteiger partial charge in [0.2, 0.25) is 0 Å². The molecule has 1 heterocycles. The van der Waals surface area contributed by atoms with Crippen LogP contribution in [0.15, 0.2) is 67.0 Å². The van der Waals surface area contributed by atoms with Crippen LogP contribution in [-0.4, -0.2) is 17.5 Å². The van der Waals surface area contributed by atoms with Crippen LogP contribution in [0.1, 0.15) is 34.0 Å². The third-order valence-electron chi connectivity index (χ3n) is 4.16. The Morgan fingerprint density at radius 3 is 2.59 bits per heavy atom. The molecule has 6 heteroatoms. The van der Waals surface area contributed by atoms with Crippen LogP contribution in [0.4, 0.5) is 0 Å². The van der Waals surface area contributed by atoms with Gasteiger partial charge in [-0.2, -0.15) is 5.26 Å². The van der Waals surface area contributed by atoms with Gasteiger partial charge in [0.25, 0.3) is 5.91 Å². The van der Waals surface area contributed by atoms with Crippen LogP contribution in [0.2, 0.25) is 0 Å². The summed E-state index contributed by atoms with van der Waals surface area (Å²) in [6.07, 6.45) is 3.45. The first kappa shape index (κ1) is 19.9. The van der Waals surface area contributed by atoms with E-state index in [0.29, 0.717) is 42.4 Å². The van der Waals surface area contributed by atoms with Crippen molar-refractivity contribution in [2.75, 3.05) is 6.61 Å². The van der Waals surface area contributed by atoms with E-state index >= 15 is 0 Å². The van der Waals surface area contributed by atoms with Crippen molar-refractivity contribution < 1.29 is 14.3 Å². The Balaban J connectivity index is 1.66. The second-order valence-corrected chi connectivity index (χ2v) is 6.24. The van der Waals surface area contributed by atoms with E-state index in [1.807, 2.05) is 31.2 Å². The van der Waals surface area contributed by atoms with E-state index in [9.17, 15) is 4.79 Å². The normalized spacial score (nSPS) is 10.1. The van der Waals surface area contributed by atoms with Crippen molar-refractivity contribution in [2.24, 2.45) is 0 Å². The van der Waals surface area contributed by atoms with Crippen LogP contribution >= 0.6 is 0 Å². The zero-order valence-corrected chi connectivity index (χ0v) is 16.1. The van der Waals surface area contributed by atoms with Crippen LogP contribution in [-0.2, 0) is 13.2 Å². The number of carbonyl (C=O) groups is 1. The number of amides is 1. The average molecular weight is 387 g/mol. The molecule has 0 saturated carbocycles. The number of ether oxygens (including phenoxy) is 2. The highest BCUT2D eigenvalue weighted by molar-refractivity contribution is 5.94. The lowest BCUT2D eigenvalue weighted by Gasteiger charge is -2.13. The number of pyridine rings is 1. The molecular weight excluding hydrogens is 366 g/mol. The highest BCUT2D eigenvalue weighted by Crippen LogP contribution is 2.29. The topological polar surface area (TPSA) is 84.2 Å². The smallest absolute Gasteiger partial charge is 0.251 e. The molecule has 146 valence electrons. The van der Waals surface area contributed by atoms with E-state index in [0.717, 1.165) is 11.1 Å². The number of aromatic nitrogens is 1. The van der Waals surface area contributed by atoms with Crippen molar-refractivity contribution in [3.05, 3.63) is 89.2 Å². The molecule has 0 spiro atoms. The predicted octanol–water partition coefficient (Wildman–Crippen LogP) is 3.86. The van der Waals surface area contributed by atoms with Gasteiger partial charge in [0.15, 0.2) is 11.5 Å². The number of hydrogen-bond donors (Lipinski definition) is 1. The Bertz CT molecular complexity index is 996. The van der Waals surface area contributed by atoms with Crippen molar-refractivity contribution in [3.63, 3.8) is 0 Å². The second-order valence-electron chi connectivity index (χ2n) is 6.24. The van der Waals surface area contributed by atoms with E-state index in [2.05, 4.69) is 16.4 Å². The van der Waals surface area contributed by atoms with Gasteiger partial charge < -0.3 is 14.8 Å². The summed E-state index contributed by atoms with van der Waals surface area (Å²) >= 11 is 0. The monoisotopic (exact) mass is 387 g/mol. The summed E-state index contributed by atoms with van der Waals surface area (Å²) < 4.78 is 11.5. The van der Waals surface area contributed by atoms with Gasteiger partial charge >= 0.3 is 0 Å². The standard InChI is InChI=1S/C23H21N3O3/c1-2-28-22-12-20(9-10-21(22)29-16-19-4-3-11-25-14-19)23(27)26-15-18-7-5-17(13-24)6-8-18/h3-12,14H,2,15-16H2,1H3,(H,26,27). The highest BCUT2D eigenvalue weighted by Gasteiger charge is 2.12. The molecule has 0 bridgehead atoms. The van der Waals surface area contributed by atoms with E-state index in [1.165, 1.54) is 0 Å². The SMILES string of the molecule is CCOc1cc(C(=O)NCc2ccc(C#N)cc2)ccc1OCc1cccnc1. The molecule has 1 aromatic heterocycles. The Hall–Kier alpha value is -3.85. The summed E-state index contributed by atoms with van der Waals surface area (Å²) in [6, 6.07) is 18.1. The molecule has 3 rings (SSSR count). The summed E-state index contributed by atoms with van der Waals surface area (Å²) in [4.78, 5) is 16.6. The summed E-state index contributed by atoms with van der Waals surface area (Å²) in [5, 5.41) is 11.7. The van der Waals surface area contributed by atoms with Crippen LogP contribution < -0.4 is 14.8 Å². The van der Waals surface area contributed by atoms with Crippen LogP contribution in [0.3, 0.4) is 0 Å². The van der Waals surface area contributed by atoms with Gasteiger partial charge in [-0.05, 0) is 48.9 Å². The molecule has 6 nitrogen and oxygen atoms in total. The largest absolute Gasteiger partial charge is 0.490 e. The number of benzene rings is 2. The number of nitrogens with zero attached hydrogens (tertiary/aromatic N) is 2.